The molecule has 0 aliphatic carbocycles. The topological polar surface area (TPSA) is 96.5 Å². The highest BCUT2D eigenvalue weighted by molar-refractivity contribution is 7.89. The summed E-state index contributed by atoms with van der Waals surface area (Å²) in [6.07, 6.45) is 2.67. The lowest BCUT2D eigenvalue weighted by molar-refractivity contribution is 0.382. The number of nitrogens with one attached hydrogen (secondary N) is 2. The lowest BCUT2D eigenvalue weighted by Crippen LogP contribution is -2.37. The summed E-state index contributed by atoms with van der Waals surface area (Å²) in [6.45, 7) is 5.27. The van der Waals surface area contributed by atoms with Crippen LogP contribution in [0.5, 0.6) is 5.75 Å². The third kappa shape index (κ3) is 3.66. The molecule has 1 atom stereocenters. The maximum atomic E-state index is 13.5. The van der Waals surface area contributed by atoms with Crippen LogP contribution in [0.15, 0.2) is 17.0 Å². The second-order valence-corrected chi connectivity index (χ2v) is 9.84. The Kier molecular flexibility index (Phi) is 5.69. The molecule has 0 radical (unpaired) electrons. The molecule has 2 N–H and O–H groups in total. The summed E-state index contributed by atoms with van der Waals surface area (Å²) in [5, 5.41) is 6.60. The summed E-state index contributed by atoms with van der Waals surface area (Å²) in [5.74, 6) is 2.24. The van der Waals surface area contributed by atoms with Crippen LogP contribution in [0.3, 0.4) is 0 Å². The molecule has 3 heterocycles. The number of benzene rings is 1. The number of hydrogen-bond acceptors (Lipinski definition) is 7. The molecule has 4 rings (SSSR count). The van der Waals surface area contributed by atoms with Crippen LogP contribution >= 0.6 is 0 Å². The molecule has 2 aliphatic heterocycles. The van der Waals surface area contributed by atoms with Gasteiger partial charge in [-0.1, -0.05) is 0 Å². The van der Waals surface area contributed by atoms with Gasteiger partial charge in [-0.25, -0.2) is 18.4 Å². The maximum Gasteiger partial charge on any atom is 0.243 e. The van der Waals surface area contributed by atoms with Crippen molar-refractivity contribution in [3.8, 4) is 5.75 Å². The predicted molar refractivity (Wildman–Crippen MR) is 115 cm³/mol. The third-order valence-corrected chi connectivity index (χ3v) is 7.95. The summed E-state index contributed by atoms with van der Waals surface area (Å²) >= 11 is 0. The average molecular weight is 432 g/mol. The molecule has 8 nitrogen and oxygen atoms in total. The molecule has 2 aliphatic rings. The minimum Gasteiger partial charge on any atom is -0.496 e. The molecule has 0 spiro atoms. The van der Waals surface area contributed by atoms with Crippen LogP contribution in [-0.2, 0) is 23.0 Å². The molecule has 2 aromatic rings. The smallest absolute Gasteiger partial charge is 0.243 e. The Balaban J connectivity index is 1.69. The van der Waals surface area contributed by atoms with E-state index in [1.54, 1.807) is 26.2 Å². The molecule has 1 fully saturated rings. The maximum absolute atomic E-state index is 13.5. The highest BCUT2D eigenvalue weighted by Gasteiger charge is 2.33. The number of aryl methyl sites for hydroxylation is 2. The number of anilines is 1. The van der Waals surface area contributed by atoms with E-state index in [1.807, 2.05) is 14.0 Å². The fourth-order valence-electron chi connectivity index (χ4n) is 4.30. The first-order chi connectivity index (χ1) is 14.3. The Morgan fingerprint density at radius 2 is 2.03 bits per heavy atom. The normalized spacial score (nSPS) is 19.5. The number of hydrogen-bond donors (Lipinski definition) is 2. The molecule has 9 heteroatoms. The Morgan fingerprint density at radius 3 is 2.70 bits per heavy atom. The van der Waals surface area contributed by atoms with E-state index in [0.29, 0.717) is 29.2 Å². The molecule has 0 saturated carbocycles. The van der Waals surface area contributed by atoms with Crippen LogP contribution in [0.2, 0.25) is 0 Å². The fourth-order valence-corrected chi connectivity index (χ4v) is 5.99. The molecule has 1 aromatic carbocycles. The molecule has 1 aromatic heterocycles. The lowest BCUT2D eigenvalue weighted by atomic mass is 10.1. The van der Waals surface area contributed by atoms with Gasteiger partial charge in [0.2, 0.25) is 10.0 Å². The van der Waals surface area contributed by atoms with Crippen molar-refractivity contribution in [1.29, 1.82) is 0 Å². The molecule has 0 bridgehead atoms. The number of ether oxygens (including phenoxy) is 1. The van der Waals surface area contributed by atoms with Crippen molar-refractivity contribution in [2.45, 2.75) is 50.6 Å². The second-order valence-electron chi connectivity index (χ2n) is 7.93. The molecular formula is C21H29N5O3S. The van der Waals surface area contributed by atoms with Gasteiger partial charge in [0.25, 0.3) is 0 Å². The van der Waals surface area contributed by atoms with Crippen LogP contribution in [0.4, 0.5) is 5.82 Å². The van der Waals surface area contributed by atoms with Gasteiger partial charge >= 0.3 is 0 Å². The SMILES string of the molecule is CNc1nc([C@@H]2CCCN2)nc2c1CCN(S(=O)(=O)c1cc(C)c(OC)cc1C)C2. The number of fused-ring (bicyclic) bond motifs is 1. The van der Waals surface area contributed by atoms with Gasteiger partial charge in [0.15, 0.2) is 0 Å². The molecule has 0 amide bonds. The zero-order valence-electron chi connectivity index (χ0n) is 17.9. The van der Waals surface area contributed by atoms with Crippen LogP contribution in [0.1, 0.15) is 47.1 Å². The monoisotopic (exact) mass is 431 g/mol. The van der Waals surface area contributed by atoms with E-state index in [0.717, 1.165) is 47.8 Å². The van der Waals surface area contributed by atoms with E-state index < -0.39 is 10.0 Å². The quantitative estimate of drug-likeness (QED) is 0.750. The van der Waals surface area contributed by atoms with E-state index >= 15 is 0 Å². The van der Waals surface area contributed by atoms with Gasteiger partial charge in [0.1, 0.15) is 17.4 Å². The standard InChI is InChI=1S/C21H29N5O3S/c1-13-11-19(14(2)10-18(13)29-4)30(27,28)26-9-7-15-17(12-26)24-21(25-20(15)22-3)16-6-5-8-23-16/h10-11,16,23H,5-9,12H2,1-4H3,(H,22,24,25)/t16-/m0/s1. The number of nitrogens with zero attached hydrogens (tertiary/aromatic N) is 3. The zero-order chi connectivity index (χ0) is 21.5. The minimum absolute atomic E-state index is 0.126. The van der Waals surface area contributed by atoms with Crippen molar-refractivity contribution < 1.29 is 13.2 Å². The lowest BCUT2D eigenvalue weighted by Gasteiger charge is -2.29. The molecule has 1 saturated heterocycles. The number of sulfonamides is 1. The van der Waals surface area contributed by atoms with Crippen molar-refractivity contribution in [2.75, 3.05) is 32.6 Å². The van der Waals surface area contributed by atoms with E-state index in [2.05, 4.69) is 10.6 Å². The van der Waals surface area contributed by atoms with Gasteiger partial charge in [0.05, 0.1) is 30.3 Å². The van der Waals surface area contributed by atoms with Gasteiger partial charge in [-0.15, -0.1) is 0 Å². The van der Waals surface area contributed by atoms with Gasteiger partial charge in [0, 0.05) is 19.2 Å². The molecule has 30 heavy (non-hydrogen) atoms. The van der Waals surface area contributed by atoms with Gasteiger partial charge in [-0.05, 0) is 62.9 Å². The first-order valence-electron chi connectivity index (χ1n) is 10.3. The van der Waals surface area contributed by atoms with E-state index in [-0.39, 0.29) is 12.6 Å². The van der Waals surface area contributed by atoms with Crippen molar-refractivity contribution in [2.24, 2.45) is 0 Å². The Labute approximate surface area is 178 Å². The van der Waals surface area contributed by atoms with Crippen LogP contribution in [0, 0.1) is 13.8 Å². The third-order valence-electron chi connectivity index (χ3n) is 5.97. The van der Waals surface area contributed by atoms with Crippen molar-refractivity contribution in [3.05, 3.63) is 40.3 Å². The van der Waals surface area contributed by atoms with Crippen molar-refractivity contribution in [3.63, 3.8) is 0 Å². The Bertz CT molecular complexity index is 1060. The first-order valence-corrected chi connectivity index (χ1v) is 11.8. The molecular weight excluding hydrogens is 402 g/mol. The van der Waals surface area contributed by atoms with Gasteiger partial charge in [-0.2, -0.15) is 4.31 Å². The molecule has 0 unspecified atom stereocenters. The summed E-state index contributed by atoms with van der Waals surface area (Å²) in [6, 6.07) is 3.61. The van der Waals surface area contributed by atoms with Crippen LogP contribution < -0.4 is 15.4 Å². The van der Waals surface area contributed by atoms with Crippen molar-refractivity contribution >= 4 is 15.8 Å². The van der Waals surface area contributed by atoms with Crippen LogP contribution in [-0.4, -0.2) is 49.9 Å². The summed E-state index contributed by atoms with van der Waals surface area (Å²) in [5.41, 5.74) is 3.27. The Hall–Kier alpha value is -2.23. The van der Waals surface area contributed by atoms with Gasteiger partial charge in [-0.3, -0.25) is 0 Å². The van der Waals surface area contributed by atoms with Crippen molar-refractivity contribution in [1.82, 2.24) is 19.6 Å². The van der Waals surface area contributed by atoms with Crippen LogP contribution in [0.25, 0.3) is 0 Å². The number of methoxy groups -OCH3 is 1. The predicted octanol–water partition coefficient (Wildman–Crippen LogP) is 2.32. The zero-order valence-corrected chi connectivity index (χ0v) is 18.8. The minimum atomic E-state index is -3.65. The highest BCUT2D eigenvalue weighted by atomic mass is 32.2. The highest BCUT2D eigenvalue weighted by Crippen LogP contribution is 2.32. The molecule has 162 valence electrons. The summed E-state index contributed by atoms with van der Waals surface area (Å²) in [7, 11) is -0.214. The average Bonchev–Trinajstić information content (AvgIpc) is 3.28. The second kappa shape index (κ2) is 8.13. The fraction of sp³-hybridized carbons (Fsp3) is 0.524. The van der Waals surface area contributed by atoms with E-state index in [4.69, 9.17) is 14.7 Å². The van der Waals surface area contributed by atoms with E-state index in [1.165, 1.54) is 4.31 Å². The Morgan fingerprint density at radius 1 is 1.23 bits per heavy atom. The number of aromatic nitrogens is 2. The first kappa shape index (κ1) is 21.0. The van der Waals surface area contributed by atoms with E-state index in [9.17, 15) is 8.42 Å². The number of rotatable bonds is 5. The summed E-state index contributed by atoms with van der Waals surface area (Å²) < 4.78 is 33.8. The largest absolute Gasteiger partial charge is 0.496 e. The summed E-state index contributed by atoms with van der Waals surface area (Å²) in [4.78, 5) is 9.82. The van der Waals surface area contributed by atoms with Gasteiger partial charge < -0.3 is 15.4 Å².